The number of hydrogen-bond acceptors (Lipinski definition) is 2. The van der Waals surface area contributed by atoms with E-state index in [1.165, 1.54) is 0 Å². The molecule has 5 heteroatoms. The number of nitrogens with zero attached hydrogens (tertiary/aromatic N) is 2. The van der Waals surface area contributed by atoms with Crippen molar-refractivity contribution < 1.29 is 9.90 Å². The summed E-state index contributed by atoms with van der Waals surface area (Å²) in [5.74, 6) is 0.274. The number of likely N-dealkylation sites (tertiary alicyclic amines) is 1. The van der Waals surface area contributed by atoms with Gasteiger partial charge in [0.05, 0.1) is 0 Å². The number of carbonyl (C=O) groups excluding carboxylic acids is 1. The van der Waals surface area contributed by atoms with E-state index < -0.39 is 0 Å². The molecule has 2 heterocycles. The Morgan fingerprint density at radius 3 is 2.80 bits per heavy atom. The first kappa shape index (κ1) is 15.6. The summed E-state index contributed by atoms with van der Waals surface area (Å²) in [6.07, 6.45) is 3.91. The SMILES string of the molecule is CC1CCC(CO)CN1C(=O)c1cc(Br)cn1C(C)C. The van der Waals surface area contributed by atoms with Crippen LogP contribution >= 0.6 is 15.9 Å². The summed E-state index contributed by atoms with van der Waals surface area (Å²) < 4.78 is 2.93. The van der Waals surface area contributed by atoms with Crippen LogP contribution in [0.3, 0.4) is 0 Å². The molecule has 0 radical (unpaired) electrons. The predicted octanol–water partition coefficient (Wildman–Crippen LogP) is 3.06. The molecule has 1 aliphatic heterocycles. The van der Waals surface area contributed by atoms with E-state index in [0.717, 1.165) is 23.0 Å². The summed E-state index contributed by atoms with van der Waals surface area (Å²) in [6, 6.07) is 2.37. The molecule has 20 heavy (non-hydrogen) atoms. The Kier molecular flexibility index (Phi) is 4.91. The van der Waals surface area contributed by atoms with Crippen LogP contribution in [0.25, 0.3) is 0 Å². The monoisotopic (exact) mass is 342 g/mol. The lowest BCUT2D eigenvalue weighted by Gasteiger charge is -2.37. The van der Waals surface area contributed by atoms with Gasteiger partial charge < -0.3 is 14.6 Å². The molecule has 1 saturated heterocycles. The highest BCUT2D eigenvalue weighted by Crippen LogP contribution is 2.26. The number of halogens is 1. The fourth-order valence-corrected chi connectivity index (χ4v) is 3.24. The molecule has 4 nitrogen and oxygen atoms in total. The molecule has 0 aromatic carbocycles. The molecule has 2 rings (SSSR count). The molecule has 2 atom stereocenters. The molecule has 0 saturated carbocycles. The number of aromatic nitrogens is 1. The van der Waals surface area contributed by atoms with Crippen LogP contribution in [0.1, 0.15) is 50.1 Å². The van der Waals surface area contributed by atoms with Crippen molar-refractivity contribution in [3.8, 4) is 0 Å². The van der Waals surface area contributed by atoms with E-state index in [9.17, 15) is 9.90 Å². The van der Waals surface area contributed by atoms with Gasteiger partial charge in [-0.15, -0.1) is 0 Å². The minimum absolute atomic E-state index is 0.0649. The molecule has 1 N–H and O–H groups in total. The Morgan fingerprint density at radius 2 is 2.20 bits per heavy atom. The summed E-state index contributed by atoms with van der Waals surface area (Å²) in [7, 11) is 0. The van der Waals surface area contributed by atoms with Crippen LogP contribution in [0.2, 0.25) is 0 Å². The van der Waals surface area contributed by atoms with E-state index in [1.54, 1.807) is 0 Å². The summed E-state index contributed by atoms with van der Waals surface area (Å²) in [5.41, 5.74) is 0.720. The van der Waals surface area contributed by atoms with E-state index in [0.29, 0.717) is 6.54 Å². The lowest BCUT2D eigenvalue weighted by atomic mass is 9.94. The summed E-state index contributed by atoms with van der Waals surface area (Å²) >= 11 is 3.45. The molecular formula is C15H23BrN2O2. The zero-order valence-electron chi connectivity index (χ0n) is 12.3. The maximum atomic E-state index is 12.8. The number of rotatable bonds is 3. The second kappa shape index (κ2) is 6.31. The molecule has 0 bridgehead atoms. The summed E-state index contributed by atoms with van der Waals surface area (Å²) in [5, 5.41) is 9.34. The predicted molar refractivity (Wildman–Crippen MR) is 82.8 cm³/mol. The highest BCUT2D eigenvalue weighted by atomic mass is 79.9. The Labute approximate surface area is 128 Å². The van der Waals surface area contributed by atoms with Gasteiger partial charge in [0.25, 0.3) is 5.91 Å². The highest BCUT2D eigenvalue weighted by Gasteiger charge is 2.31. The van der Waals surface area contributed by atoms with Crippen molar-refractivity contribution in [1.29, 1.82) is 0 Å². The lowest BCUT2D eigenvalue weighted by Crippen LogP contribution is -2.46. The van der Waals surface area contributed by atoms with Crippen LogP contribution < -0.4 is 0 Å². The van der Waals surface area contributed by atoms with Gasteiger partial charge in [-0.05, 0) is 61.5 Å². The van der Waals surface area contributed by atoms with Gasteiger partial charge in [-0.3, -0.25) is 4.79 Å². The number of amides is 1. The third-order valence-corrected chi connectivity index (χ3v) is 4.52. The van der Waals surface area contributed by atoms with Gasteiger partial charge in [-0.1, -0.05) is 0 Å². The fourth-order valence-electron chi connectivity index (χ4n) is 2.81. The number of aliphatic hydroxyl groups excluding tert-OH is 1. The maximum Gasteiger partial charge on any atom is 0.270 e. The van der Waals surface area contributed by atoms with Crippen molar-refractivity contribution in [2.24, 2.45) is 5.92 Å². The normalized spacial score (nSPS) is 23.4. The van der Waals surface area contributed by atoms with Crippen LogP contribution in [-0.4, -0.2) is 39.7 Å². The summed E-state index contributed by atoms with van der Waals surface area (Å²) in [4.78, 5) is 14.7. The largest absolute Gasteiger partial charge is 0.396 e. The molecule has 112 valence electrons. The average molecular weight is 343 g/mol. The molecule has 1 aromatic rings. The molecule has 2 unspecified atom stereocenters. The molecule has 1 amide bonds. The van der Waals surface area contributed by atoms with E-state index in [1.807, 2.05) is 21.7 Å². The van der Waals surface area contributed by atoms with Crippen molar-refractivity contribution >= 4 is 21.8 Å². The van der Waals surface area contributed by atoms with Crippen LogP contribution in [0.5, 0.6) is 0 Å². The van der Waals surface area contributed by atoms with Gasteiger partial charge in [0, 0.05) is 35.9 Å². The molecular weight excluding hydrogens is 320 g/mol. The first-order valence-electron chi connectivity index (χ1n) is 7.23. The van der Waals surface area contributed by atoms with Gasteiger partial charge in [0.1, 0.15) is 5.69 Å². The first-order chi connectivity index (χ1) is 9.43. The second-order valence-corrected chi connectivity index (χ2v) is 6.89. The van der Waals surface area contributed by atoms with Crippen LogP contribution in [0.15, 0.2) is 16.7 Å². The fraction of sp³-hybridized carbons (Fsp3) is 0.667. The Morgan fingerprint density at radius 1 is 1.50 bits per heavy atom. The standard InChI is InChI=1S/C15H23BrN2O2/c1-10(2)17-8-13(16)6-14(17)15(20)18-7-12(9-19)5-4-11(18)3/h6,8,10-12,19H,4-5,7,9H2,1-3H3. The number of aliphatic hydroxyl groups is 1. The Bertz CT molecular complexity index is 484. The molecule has 0 spiro atoms. The highest BCUT2D eigenvalue weighted by molar-refractivity contribution is 9.10. The smallest absolute Gasteiger partial charge is 0.270 e. The van der Waals surface area contributed by atoms with E-state index in [4.69, 9.17) is 0 Å². The Balaban J connectivity index is 2.25. The zero-order valence-corrected chi connectivity index (χ0v) is 13.9. The summed E-state index contributed by atoms with van der Waals surface area (Å²) in [6.45, 7) is 7.03. The van der Waals surface area contributed by atoms with E-state index in [2.05, 4.69) is 36.7 Å². The minimum atomic E-state index is 0.0649. The van der Waals surface area contributed by atoms with Gasteiger partial charge in [-0.2, -0.15) is 0 Å². The van der Waals surface area contributed by atoms with Crippen molar-refractivity contribution in [2.45, 2.75) is 45.7 Å². The lowest BCUT2D eigenvalue weighted by molar-refractivity contribution is 0.0477. The maximum absolute atomic E-state index is 12.8. The topological polar surface area (TPSA) is 45.5 Å². The number of piperidine rings is 1. The van der Waals surface area contributed by atoms with Crippen LogP contribution in [0, 0.1) is 5.92 Å². The van der Waals surface area contributed by atoms with Gasteiger partial charge in [-0.25, -0.2) is 0 Å². The van der Waals surface area contributed by atoms with E-state index in [-0.39, 0.29) is 30.5 Å². The average Bonchev–Trinajstić information content (AvgIpc) is 2.81. The molecule has 0 aliphatic carbocycles. The molecule has 1 fully saturated rings. The van der Waals surface area contributed by atoms with Crippen molar-refractivity contribution in [2.75, 3.05) is 13.2 Å². The first-order valence-corrected chi connectivity index (χ1v) is 8.02. The zero-order chi connectivity index (χ0) is 14.9. The quantitative estimate of drug-likeness (QED) is 0.917. The van der Waals surface area contributed by atoms with Crippen molar-refractivity contribution in [3.63, 3.8) is 0 Å². The molecule has 1 aromatic heterocycles. The Hall–Kier alpha value is -0.810. The van der Waals surface area contributed by atoms with Crippen LogP contribution in [-0.2, 0) is 0 Å². The van der Waals surface area contributed by atoms with Gasteiger partial charge in [0.15, 0.2) is 0 Å². The second-order valence-electron chi connectivity index (χ2n) is 5.98. The minimum Gasteiger partial charge on any atom is -0.396 e. The van der Waals surface area contributed by atoms with Crippen molar-refractivity contribution in [1.82, 2.24) is 9.47 Å². The van der Waals surface area contributed by atoms with Crippen molar-refractivity contribution in [3.05, 3.63) is 22.4 Å². The van der Waals surface area contributed by atoms with E-state index >= 15 is 0 Å². The molecule has 1 aliphatic rings. The third kappa shape index (κ3) is 3.09. The van der Waals surface area contributed by atoms with Crippen LogP contribution in [0.4, 0.5) is 0 Å². The van der Waals surface area contributed by atoms with Gasteiger partial charge >= 0.3 is 0 Å². The number of hydrogen-bond donors (Lipinski definition) is 1. The van der Waals surface area contributed by atoms with Gasteiger partial charge in [0.2, 0.25) is 0 Å². The number of carbonyl (C=O) groups is 1. The third-order valence-electron chi connectivity index (χ3n) is 4.09.